The van der Waals surface area contributed by atoms with Crippen LogP contribution in [-0.2, 0) is 32.6 Å². The molecule has 14 heteroatoms. The summed E-state index contributed by atoms with van der Waals surface area (Å²) in [4.78, 5) is 34.3. The number of morpholine rings is 1. The number of anilines is 2. The smallest absolute Gasteiger partial charge is 0.298 e. The second-order valence-electron chi connectivity index (χ2n) is 10.3. The molecule has 0 radical (unpaired) electrons. The van der Waals surface area contributed by atoms with E-state index in [1.54, 1.807) is 13.0 Å². The second kappa shape index (κ2) is 11.0. The second-order valence-corrected chi connectivity index (χ2v) is 11.9. The molecule has 222 valence electrons. The van der Waals surface area contributed by atoms with Crippen LogP contribution in [0, 0.1) is 5.82 Å². The number of fused-ring (bicyclic) bond motifs is 4. The van der Waals surface area contributed by atoms with Crippen molar-refractivity contribution < 1.29 is 36.1 Å². The Balaban J connectivity index is 1.35. The minimum Gasteiger partial charge on any atom is -0.423 e. The van der Waals surface area contributed by atoms with E-state index in [1.165, 1.54) is 16.7 Å². The van der Waals surface area contributed by atoms with E-state index >= 15 is 0 Å². The first kappa shape index (κ1) is 28.1. The highest BCUT2D eigenvalue weighted by Crippen LogP contribution is 2.35. The first-order valence-electron chi connectivity index (χ1n) is 13.7. The van der Waals surface area contributed by atoms with E-state index in [0.29, 0.717) is 74.0 Å². The number of rotatable bonds is 7. The minimum absolute atomic E-state index is 0.0734. The predicted octanol–water partition coefficient (Wildman–Crippen LogP) is 2.74. The minimum atomic E-state index is -4.90. The van der Waals surface area contributed by atoms with E-state index in [1.807, 2.05) is 23.1 Å². The van der Waals surface area contributed by atoms with E-state index in [0.717, 1.165) is 11.3 Å². The highest BCUT2D eigenvalue weighted by molar-refractivity contribution is 7.87. The lowest BCUT2D eigenvalue weighted by molar-refractivity contribution is -0.120. The molecule has 12 nitrogen and oxygen atoms in total. The van der Waals surface area contributed by atoms with Crippen LogP contribution in [0.2, 0.25) is 0 Å². The number of benzene rings is 2. The zero-order valence-corrected chi connectivity index (χ0v) is 23.7. The quantitative estimate of drug-likeness (QED) is 0.304. The molecule has 2 aromatic carbocycles. The molecular formula is C28H30FN5O7S. The molecule has 1 fully saturated rings. The lowest BCUT2D eigenvalue weighted by atomic mass is 10.0. The Morgan fingerprint density at radius 1 is 1.12 bits per heavy atom. The molecule has 42 heavy (non-hydrogen) atoms. The lowest BCUT2D eigenvalue weighted by Crippen LogP contribution is -2.44. The highest BCUT2D eigenvalue weighted by atomic mass is 32.2. The summed E-state index contributed by atoms with van der Waals surface area (Å²) in [6, 6.07) is 10.3. The number of halogens is 1. The average Bonchev–Trinajstić information content (AvgIpc) is 3.54. The number of aromatic nitrogens is 2. The van der Waals surface area contributed by atoms with E-state index in [-0.39, 0.29) is 11.9 Å². The average molecular weight is 600 g/mol. The van der Waals surface area contributed by atoms with Gasteiger partial charge >= 0.3 is 0 Å². The van der Waals surface area contributed by atoms with Crippen LogP contribution in [0.3, 0.4) is 0 Å². The molecule has 2 aromatic heterocycles. The van der Waals surface area contributed by atoms with Gasteiger partial charge < -0.3 is 24.3 Å². The molecule has 1 saturated heterocycles. The van der Waals surface area contributed by atoms with Crippen molar-refractivity contribution in [2.75, 3.05) is 49.2 Å². The summed E-state index contributed by atoms with van der Waals surface area (Å²) in [5.41, 5.74) is 3.70. The largest absolute Gasteiger partial charge is 0.423 e. The Hall–Kier alpha value is -4.01. The van der Waals surface area contributed by atoms with Crippen molar-refractivity contribution in [1.29, 1.82) is 0 Å². The molecule has 0 spiro atoms. The summed E-state index contributed by atoms with van der Waals surface area (Å²) in [6.07, 6.45) is 0.413. The van der Waals surface area contributed by atoms with Gasteiger partial charge in [0.1, 0.15) is 11.3 Å². The van der Waals surface area contributed by atoms with Gasteiger partial charge in [0.2, 0.25) is 5.91 Å². The van der Waals surface area contributed by atoms with Gasteiger partial charge in [0, 0.05) is 67.9 Å². The molecule has 4 heterocycles. The van der Waals surface area contributed by atoms with Gasteiger partial charge in [-0.25, -0.2) is 4.39 Å². The van der Waals surface area contributed by atoms with Gasteiger partial charge in [-0.15, -0.1) is 0 Å². The third kappa shape index (κ3) is 5.21. The summed E-state index contributed by atoms with van der Waals surface area (Å²) in [7, 11) is -4.90. The van der Waals surface area contributed by atoms with Crippen LogP contribution >= 0.6 is 0 Å². The highest BCUT2D eigenvalue weighted by Gasteiger charge is 2.36. The molecule has 0 bridgehead atoms. The maximum absolute atomic E-state index is 14.4. The van der Waals surface area contributed by atoms with Crippen molar-refractivity contribution in [2.45, 2.75) is 31.6 Å². The topological polar surface area (TPSA) is 147 Å². The molecule has 1 unspecified atom stereocenters. The molecule has 1 amide bonds. The summed E-state index contributed by atoms with van der Waals surface area (Å²) < 4.78 is 61.4. The monoisotopic (exact) mass is 599 g/mol. The number of hydrogen-bond acceptors (Lipinski definition) is 9. The van der Waals surface area contributed by atoms with Crippen molar-refractivity contribution in [3.8, 4) is 0 Å². The van der Waals surface area contributed by atoms with Crippen LogP contribution in [-0.4, -0.2) is 79.0 Å². The predicted molar refractivity (Wildman–Crippen MR) is 153 cm³/mol. The SMILES string of the molecule is CCC(=O)NCC(C(=O)n1c2c(c3ccc(F)cc31)CN(c1ccc3oc(N4CCOCC4)nc3c1)CC2)S(=O)(=O)O. The first-order chi connectivity index (χ1) is 20.1. The van der Waals surface area contributed by atoms with E-state index in [9.17, 15) is 27.0 Å². The maximum Gasteiger partial charge on any atom is 0.298 e. The Morgan fingerprint density at radius 3 is 2.64 bits per heavy atom. The number of ether oxygens (including phenoxy) is 1. The Kier molecular flexibility index (Phi) is 7.37. The van der Waals surface area contributed by atoms with Gasteiger partial charge in [-0.3, -0.25) is 18.7 Å². The van der Waals surface area contributed by atoms with Gasteiger partial charge in [-0.05, 0) is 36.4 Å². The van der Waals surface area contributed by atoms with Crippen LogP contribution < -0.4 is 15.1 Å². The normalized spacial score (nSPS) is 16.5. The number of carbonyl (C=O) groups excluding carboxylic acids is 2. The molecular weight excluding hydrogens is 569 g/mol. The van der Waals surface area contributed by atoms with Crippen molar-refractivity contribution in [3.05, 3.63) is 53.5 Å². The molecule has 2 aliphatic rings. The van der Waals surface area contributed by atoms with E-state index in [2.05, 4.69) is 15.2 Å². The van der Waals surface area contributed by atoms with E-state index in [4.69, 9.17) is 9.15 Å². The molecule has 6 rings (SSSR count). The van der Waals surface area contributed by atoms with Gasteiger partial charge in [0.15, 0.2) is 10.8 Å². The number of oxazole rings is 1. The summed E-state index contributed by atoms with van der Waals surface area (Å²) in [6.45, 7) is 4.42. The number of amides is 1. The lowest BCUT2D eigenvalue weighted by Gasteiger charge is -2.30. The third-order valence-corrected chi connectivity index (χ3v) is 8.87. The fraction of sp³-hybridized carbons (Fsp3) is 0.393. The Bertz CT molecular complexity index is 1800. The molecule has 0 aliphatic carbocycles. The van der Waals surface area contributed by atoms with Crippen LogP contribution in [0.1, 0.15) is 29.4 Å². The summed E-state index contributed by atoms with van der Waals surface area (Å²) in [5.74, 6) is -2.03. The molecule has 2 N–H and O–H groups in total. The molecule has 4 aromatic rings. The number of nitrogens with one attached hydrogen (secondary N) is 1. The number of hydrogen-bond donors (Lipinski definition) is 2. The fourth-order valence-electron chi connectivity index (χ4n) is 5.59. The van der Waals surface area contributed by atoms with Crippen molar-refractivity contribution in [3.63, 3.8) is 0 Å². The van der Waals surface area contributed by atoms with Crippen molar-refractivity contribution >= 4 is 55.6 Å². The zero-order chi connectivity index (χ0) is 29.6. The number of nitrogens with zero attached hydrogens (tertiary/aromatic N) is 4. The van der Waals surface area contributed by atoms with Crippen LogP contribution in [0.25, 0.3) is 22.0 Å². The Labute approximate surface area is 240 Å². The zero-order valence-electron chi connectivity index (χ0n) is 22.9. The summed E-state index contributed by atoms with van der Waals surface area (Å²) in [5, 5.41) is 1.01. The fourth-order valence-corrected chi connectivity index (χ4v) is 6.24. The molecule has 0 saturated carbocycles. The van der Waals surface area contributed by atoms with Gasteiger partial charge in [-0.2, -0.15) is 13.4 Å². The van der Waals surface area contributed by atoms with Crippen molar-refractivity contribution in [2.24, 2.45) is 0 Å². The van der Waals surface area contributed by atoms with Crippen molar-refractivity contribution in [1.82, 2.24) is 14.9 Å². The van der Waals surface area contributed by atoms with Gasteiger partial charge in [-0.1, -0.05) is 6.92 Å². The molecule has 1 atom stereocenters. The maximum atomic E-state index is 14.4. The Morgan fingerprint density at radius 2 is 1.90 bits per heavy atom. The standard InChI is InChI=1S/C28H30FN5O7S/c1-2-26(35)30-15-25(42(37,38)39)27(36)34-22-7-8-33(16-20(22)19-5-3-17(29)13-23(19)34)18-4-6-24-21(14-18)31-28(41-24)32-9-11-40-12-10-32/h3-6,13-14,25H,2,7-12,15-16H2,1H3,(H,30,35)(H,37,38,39). The summed E-state index contributed by atoms with van der Waals surface area (Å²) >= 11 is 0. The molecule has 2 aliphatic heterocycles. The first-order valence-corrected chi connectivity index (χ1v) is 15.2. The van der Waals surface area contributed by atoms with Crippen LogP contribution in [0.4, 0.5) is 16.1 Å². The van der Waals surface area contributed by atoms with Crippen LogP contribution in [0.5, 0.6) is 0 Å². The van der Waals surface area contributed by atoms with Crippen LogP contribution in [0.15, 0.2) is 40.8 Å². The van der Waals surface area contributed by atoms with Gasteiger partial charge in [0.25, 0.3) is 22.0 Å². The van der Waals surface area contributed by atoms with E-state index < -0.39 is 39.5 Å². The van der Waals surface area contributed by atoms with Gasteiger partial charge in [0.05, 0.1) is 18.7 Å². The third-order valence-electron chi connectivity index (χ3n) is 7.78. The number of carbonyl (C=O) groups is 2.